The number of aryl methyl sites for hydroxylation is 2. The summed E-state index contributed by atoms with van der Waals surface area (Å²) in [6.45, 7) is 5.34. The van der Waals surface area contributed by atoms with Crippen molar-refractivity contribution in [2.24, 2.45) is 11.7 Å². The molecule has 1 heterocycles. The van der Waals surface area contributed by atoms with E-state index in [1.165, 1.54) is 19.3 Å². The summed E-state index contributed by atoms with van der Waals surface area (Å²) >= 11 is 2.01. The van der Waals surface area contributed by atoms with E-state index in [4.69, 9.17) is 5.73 Å². The van der Waals surface area contributed by atoms with Crippen molar-refractivity contribution in [2.75, 3.05) is 6.54 Å². The molecule has 0 aliphatic heterocycles. The highest BCUT2D eigenvalue weighted by Gasteiger charge is 2.28. The summed E-state index contributed by atoms with van der Waals surface area (Å²) in [5.74, 6) is 1.39. The second kappa shape index (κ2) is 4.03. The van der Waals surface area contributed by atoms with E-state index in [2.05, 4.69) is 19.9 Å². The van der Waals surface area contributed by atoms with Crippen molar-refractivity contribution in [3.8, 4) is 0 Å². The van der Waals surface area contributed by atoms with Crippen LogP contribution in [0.25, 0.3) is 0 Å². The molecule has 1 aliphatic carbocycles. The van der Waals surface area contributed by atoms with Gasteiger partial charge in [0, 0.05) is 9.75 Å². The molecule has 14 heavy (non-hydrogen) atoms. The third-order valence-electron chi connectivity index (χ3n) is 3.38. The second-order valence-corrected chi connectivity index (χ2v) is 5.52. The van der Waals surface area contributed by atoms with E-state index in [-0.39, 0.29) is 0 Å². The monoisotopic (exact) mass is 209 g/mol. The third kappa shape index (κ3) is 1.61. The first-order chi connectivity index (χ1) is 6.76. The molecule has 0 saturated carbocycles. The Bertz CT molecular complexity index is 316. The van der Waals surface area contributed by atoms with Crippen molar-refractivity contribution in [3.63, 3.8) is 0 Å². The van der Waals surface area contributed by atoms with Gasteiger partial charge in [-0.25, -0.2) is 0 Å². The summed E-state index contributed by atoms with van der Waals surface area (Å²) in [6, 6.07) is 2.42. The van der Waals surface area contributed by atoms with Crippen LogP contribution in [-0.2, 0) is 12.8 Å². The van der Waals surface area contributed by atoms with Crippen LogP contribution in [0.2, 0.25) is 0 Å². The molecule has 0 amide bonds. The molecule has 0 radical (unpaired) electrons. The molecule has 78 valence electrons. The predicted octanol–water partition coefficient (Wildman–Crippen LogP) is 2.94. The average molecular weight is 209 g/mol. The highest BCUT2D eigenvalue weighted by atomic mass is 32.1. The van der Waals surface area contributed by atoms with Crippen LogP contribution in [0.5, 0.6) is 0 Å². The summed E-state index contributed by atoms with van der Waals surface area (Å²) in [5, 5.41) is 0. The molecule has 2 rings (SSSR count). The lowest BCUT2D eigenvalue weighted by Crippen LogP contribution is -2.17. The largest absolute Gasteiger partial charge is 0.330 e. The van der Waals surface area contributed by atoms with E-state index in [1.807, 2.05) is 11.3 Å². The van der Waals surface area contributed by atoms with Gasteiger partial charge in [0.15, 0.2) is 0 Å². The SMILES string of the molecule is CCc1cc2c(s1)CCC2C(C)CN. The van der Waals surface area contributed by atoms with Gasteiger partial charge in [-0.2, -0.15) is 0 Å². The fraction of sp³-hybridized carbons (Fsp3) is 0.667. The maximum absolute atomic E-state index is 5.75. The van der Waals surface area contributed by atoms with Gasteiger partial charge < -0.3 is 5.73 Å². The Hall–Kier alpha value is -0.340. The molecule has 1 aromatic heterocycles. The smallest absolute Gasteiger partial charge is 0.00833 e. The highest BCUT2D eigenvalue weighted by molar-refractivity contribution is 7.12. The second-order valence-electron chi connectivity index (χ2n) is 4.30. The molecule has 0 spiro atoms. The Morgan fingerprint density at radius 1 is 1.64 bits per heavy atom. The van der Waals surface area contributed by atoms with Crippen molar-refractivity contribution < 1.29 is 0 Å². The van der Waals surface area contributed by atoms with Gasteiger partial charge >= 0.3 is 0 Å². The molecule has 0 fully saturated rings. The molecule has 2 heteroatoms. The molecule has 2 N–H and O–H groups in total. The summed E-state index contributed by atoms with van der Waals surface area (Å²) < 4.78 is 0. The minimum Gasteiger partial charge on any atom is -0.330 e. The molecule has 1 nitrogen and oxygen atoms in total. The molecular formula is C12H19NS. The fourth-order valence-electron chi connectivity index (χ4n) is 2.38. The van der Waals surface area contributed by atoms with Crippen LogP contribution in [0.4, 0.5) is 0 Å². The van der Waals surface area contributed by atoms with Gasteiger partial charge in [0.25, 0.3) is 0 Å². The zero-order valence-electron chi connectivity index (χ0n) is 9.05. The Morgan fingerprint density at radius 3 is 3.07 bits per heavy atom. The minimum absolute atomic E-state index is 0.649. The number of fused-ring (bicyclic) bond motifs is 1. The average Bonchev–Trinajstić information content (AvgIpc) is 2.74. The van der Waals surface area contributed by atoms with Crippen LogP contribution in [0.15, 0.2) is 6.07 Å². The first-order valence-corrected chi connectivity index (χ1v) is 6.39. The van der Waals surface area contributed by atoms with Gasteiger partial charge in [-0.05, 0) is 49.3 Å². The molecule has 0 aromatic carbocycles. The highest BCUT2D eigenvalue weighted by Crippen LogP contribution is 2.42. The van der Waals surface area contributed by atoms with E-state index in [0.29, 0.717) is 5.92 Å². The lowest BCUT2D eigenvalue weighted by atomic mass is 9.89. The van der Waals surface area contributed by atoms with Crippen molar-refractivity contribution in [2.45, 2.75) is 39.0 Å². The van der Waals surface area contributed by atoms with Gasteiger partial charge in [0.2, 0.25) is 0 Å². The molecule has 2 atom stereocenters. The summed E-state index contributed by atoms with van der Waals surface area (Å²) in [4.78, 5) is 3.18. The van der Waals surface area contributed by atoms with Crippen LogP contribution >= 0.6 is 11.3 Å². The molecule has 1 aliphatic rings. The number of hydrogen-bond acceptors (Lipinski definition) is 2. The Balaban J connectivity index is 2.24. The van der Waals surface area contributed by atoms with Gasteiger partial charge in [0.05, 0.1) is 0 Å². The van der Waals surface area contributed by atoms with Gasteiger partial charge in [-0.15, -0.1) is 11.3 Å². The number of nitrogens with two attached hydrogens (primary N) is 1. The minimum atomic E-state index is 0.649. The van der Waals surface area contributed by atoms with E-state index in [0.717, 1.165) is 12.5 Å². The summed E-state index contributed by atoms with van der Waals surface area (Å²) in [6.07, 6.45) is 3.79. The van der Waals surface area contributed by atoms with Gasteiger partial charge in [-0.1, -0.05) is 13.8 Å². The van der Waals surface area contributed by atoms with E-state index in [1.54, 1.807) is 15.3 Å². The number of thiophene rings is 1. The molecule has 2 unspecified atom stereocenters. The maximum Gasteiger partial charge on any atom is 0.00833 e. The van der Waals surface area contributed by atoms with E-state index < -0.39 is 0 Å². The van der Waals surface area contributed by atoms with Crippen molar-refractivity contribution in [3.05, 3.63) is 21.4 Å². The summed E-state index contributed by atoms with van der Waals surface area (Å²) in [7, 11) is 0. The van der Waals surface area contributed by atoms with Crippen molar-refractivity contribution >= 4 is 11.3 Å². The van der Waals surface area contributed by atoms with Crippen molar-refractivity contribution in [1.29, 1.82) is 0 Å². The molecule has 0 saturated heterocycles. The molecule has 0 bridgehead atoms. The predicted molar refractivity (Wildman–Crippen MR) is 63.0 cm³/mol. The first kappa shape index (κ1) is 10.2. The zero-order chi connectivity index (χ0) is 10.1. The standard InChI is InChI=1S/C12H19NS/c1-3-9-6-11-10(8(2)7-13)4-5-12(11)14-9/h6,8,10H,3-5,7,13H2,1-2H3. The van der Waals surface area contributed by atoms with Crippen LogP contribution in [0.3, 0.4) is 0 Å². The van der Waals surface area contributed by atoms with Gasteiger partial charge in [-0.3, -0.25) is 0 Å². The van der Waals surface area contributed by atoms with Gasteiger partial charge in [0.1, 0.15) is 0 Å². The van der Waals surface area contributed by atoms with Crippen molar-refractivity contribution in [1.82, 2.24) is 0 Å². The lowest BCUT2D eigenvalue weighted by molar-refractivity contribution is 0.466. The summed E-state index contributed by atoms with van der Waals surface area (Å²) in [5.41, 5.74) is 7.37. The lowest BCUT2D eigenvalue weighted by Gasteiger charge is -2.17. The fourth-order valence-corrected chi connectivity index (χ4v) is 3.58. The maximum atomic E-state index is 5.75. The van der Waals surface area contributed by atoms with Crippen LogP contribution < -0.4 is 5.73 Å². The molecular weight excluding hydrogens is 190 g/mol. The van der Waals surface area contributed by atoms with Crippen LogP contribution in [-0.4, -0.2) is 6.54 Å². The quantitative estimate of drug-likeness (QED) is 0.814. The zero-order valence-corrected chi connectivity index (χ0v) is 9.86. The van der Waals surface area contributed by atoms with Crippen LogP contribution in [0, 0.1) is 5.92 Å². The Morgan fingerprint density at radius 2 is 2.43 bits per heavy atom. The Labute approximate surface area is 90.3 Å². The third-order valence-corrected chi connectivity index (χ3v) is 4.74. The Kier molecular flexibility index (Phi) is 2.93. The first-order valence-electron chi connectivity index (χ1n) is 5.57. The van der Waals surface area contributed by atoms with Crippen LogP contribution in [0.1, 0.15) is 41.5 Å². The number of rotatable bonds is 3. The van der Waals surface area contributed by atoms with E-state index >= 15 is 0 Å². The topological polar surface area (TPSA) is 26.0 Å². The number of hydrogen-bond donors (Lipinski definition) is 1. The molecule has 1 aromatic rings. The van der Waals surface area contributed by atoms with E-state index in [9.17, 15) is 0 Å². The normalized spacial score (nSPS) is 22.4.